The molecule has 0 spiro atoms. The second kappa shape index (κ2) is 5.83. The molecule has 1 aromatic rings. The molecular weight excluding hydrogens is 250 g/mol. The number of carboxylic acid groups (broad SMARTS) is 1. The van der Waals surface area contributed by atoms with Gasteiger partial charge in [-0.2, -0.15) is 0 Å². The Bertz CT molecular complexity index is 446. The van der Waals surface area contributed by atoms with Gasteiger partial charge in [-0.1, -0.05) is 0 Å². The lowest BCUT2D eigenvalue weighted by atomic mass is 10.2. The van der Waals surface area contributed by atoms with Crippen LogP contribution >= 0.6 is 0 Å². The fourth-order valence-corrected chi connectivity index (χ4v) is 2.10. The molecule has 3 atom stereocenters. The topological polar surface area (TPSA) is 93.5 Å². The lowest BCUT2D eigenvalue weighted by molar-refractivity contribution is -0.151. The summed E-state index contributed by atoms with van der Waals surface area (Å²) < 4.78 is 7.05. The number of aliphatic carboxylic acids is 1. The maximum absolute atomic E-state index is 11.9. The Hall–Kier alpha value is -1.89. The molecular formula is C12H17N3O4. The van der Waals surface area contributed by atoms with Gasteiger partial charge in [0.25, 0.3) is 0 Å². The van der Waals surface area contributed by atoms with E-state index in [1.807, 2.05) is 17.7 Å². The van der Waals surface area contributed by atoms with Crippen LogP contribution in [-0.2, 0) is 20.9 Å². The van der Waals surface area contributed by atoms with Gasteiger partial charge in [0, 0.05) is 25.0 Å². The number of carbonyl (C=O) groups is 2. The Kier molecular flexibility index (Phi) is 4.16. The maximum Gasteiger partial charge on any atom is 0.332 e. The van der Waals surface area contributed by atoms with Crippen molar-refractivity contribution in [1.29, 1.82) is 0 Å². The first-order valence-electron chi connectivity index (χ1n) is 6.20. The summed E-state index contributed by atoms with van der Waals surface area (Å²) in [5.74, 6) is -1.27. The molecule has 2 heterocycles. The normalized spacial score (nSPS) is 24.1. The number of hydrogen-bond donors (Lipinski definition) is 2. The zero-order valence-electron chi connectivity index (χ0n) is 10.7. The molecule has 2 N–H and O–H groups in total. The first-order valence-corrected chi connectivity index (χ1v) is 6.20. The van der Waals surface area contributed by atoms with Gasteiger partial charge in [-0.3, -0.25) is 4.79 Å². The van der Waals surface area contributed by atoms with Crippen LogP contribution in [0.5, 0.6) is 0 Å². The summed E-state index contributed by atoms with van der Waals surface area (Å²) in [6.45, 7) is 2.49. The fraction of sp³-hybridized carbons (Fsp3) is 0.583. The van der Waals surface area contributed by atoms with Gasteiger partial charge in [0.1, 0.15) is 6.10 Å². The highest BCUT2D eigenvalue weighted by Crippen LogP contribution is 2.20. The number of carboxylic acids is 1. The summed E-state index contributed by atoms with van der Waals surface area (Å²) in [6, 6.07) is -0.0748. The van der Waals surface area contributed by atoms with Crippen molar-refractivity contribution in [2.45, 2.75) is 44.6 Å². The molecule has 1 amide bonds. The quantitative estimate of drug-likeness (QED) is 0.784. The molecule has 2 rings (SSSR count). The average Bonchev–Trinajstić information content (AvgIpc) is 2.98. The van der Waals surface area contributed by atoms with E-state index in [1.54, 1.807) is 12.5 Å². The zero-order chi connectivity index (χ0) is 13.8. The molecule has 0 aliphatic carbocycles. The van der Waals surface area contributed by atoms with Gasteiger partial charge >= 0.3 is 5.97 Å². The molecule has 0 saturated carbocycles. The van der Waals surface area contributed by atoms with Gasteiger partial charge in [-0.15, -0.1) is 0 Å². The first kappa shape index (κ1) is 13.5. The van der Waals surface area contributed by atoms with Crippen LogP contribution in [0.1, 0.15) is 19.8 Å². The second-order valence-electron chi connectivity index (χ2n) is 4.70. The molecule has 1 aliphatic rings. The number of nitrogens with zero attached hydrogens (tertiary/aromatic N) is 2. The van der Waals surface area contributed by atoms with E-state index in [2.05, 4.69) is 10.3 Å². The van der Waals surface area contributed by atoms with Crippen molar-refractivity contribution in [3.63, 3.8) is 0 Å². The van der Waals surface area contributed by atoms with E-state index in [1.165, 1.54) is 0 Å². The van der Waals surface area contributed by atoms with Crippen molar-refractivity contribution in [2.24, 2.45) is 0 Å². The van der Waals surface area contributed by atoms with Crippen LogP contribution in [-0.4, -0.2) is 44.8 Å². The monoisotopic (exact) mass is 267 g/mol. The van der Waals surface area contributed by atoms with Gasteiger partial charge in [-0.25, -0.2) is 9.78 Å². The minimum absolute atomic E-state index is 0.0748. The molecule has 104 valence electrons. The Labute approximate surface area is 110 Å². The number of hydrogen-bond acceptors (Lipinski definition) is 4. The first-order chi connectivity index (χ1) is 9.06. The predicted molar refractivity (Wildman–Crippen MR) is 65.4 cm³/mol. The number of aromatic nitrogens is 2. The molecule has 1 aliphatic heterocycles. The molecule has 0 bridgehead atoms. The van der Waals surface area contributed by atoms with Crippen LogP contribution in [0.2, 0.25) is 0 Å². The SMILES string of the molecule is CC(Cn1ccnc1)NC(=O)[C@@H]1CC[C@H](C(=O)O)O1. The molecule has 7 nitrogen and oxygen atoms in total. The maximum atomic E-state index is 11.9. The van der Waals surface area contributed by atoms with Gasteiger partial charge < -0.3 is 19.7 Å². The number of carbonyl (C=O) groups excluding carboxylic acids is 1. The Morgan fingerprint density at radius 3 is 2.84 bits per heavy atom. The van der Waals surface area contributed by atoms with Gasteiger partial charge in [0.2, 0.25) is 5.91 Å². The Morgan fingerprint density at radius 2 is 2.26 bits per heavy atom. The lowest BCUT2D eigenvalue weighted by Gasteiger charge is -2.17. The molecule has 1 aromatic heterocycles. The summed E-state index contributed by atoms with van der Waals surface area (Å²) in [4.78, 5) is 26.6. The smallest absolute Gasteiger partial charge is 0.332 e. The zero-order valence-corrected chi connectivity index (χ0v) is 10.7. The summed E-state index contributed by atoms with van der Waals surface area (Å²) in [5.41, 5.74) is 0. The standard InChI is InChI=1S/C12H17N3O4/c1-8(6-15-5-4-13-7-15)14-11(16)9-2-3-10(19-9)12(17)18/h4-5,7-10H,2-3,6H2,1H3,(H,14,16)(H,17,18)/t8?,9-,10+/m0/s1. The van der Waals surface area contributed by atoms with E-state index in [0.717, 1.165) is 0 Å². The van der Waals surface area contributed by atoms with Crippen LogP contribution in [0.3, 0.4) is 0 Å². The minimum Gasteiger partial charge on any atom is -0.479 e. The van der Waals surface area contributed by atoms with E-state index in [0.29, 0.717) is 19.4 Å². The average molecular weight is 267 g/mol. The molecule has 1 unspecified atom stereocenters. The van der Waals surface area contributed by atoms with Crippen molar-refractivity contribution in [3.8, 4) is 0 Å². The summed E-state index contributed by atoms with van der Waals surface area (Å²) in [5, 5.41) is 11.6. The number of nitrogens with one attached hydrogen (secondary N) is 1. The third kappa shape index (κ3) is 3.54. The molecule has 19 heavy (non-hydrogen) atoms. The van der Waals surface area contributed by atoms with Gasteiger partial charge in [0.05, 0.1) is 6.33 Å². The van der Waals surface area contributed by atoms with Crippen molar-refractivity contribution < 1.29 is 19.4 Å². The molecule has 7 heteroatoms. The Balaban J connectivity index is 1.79. The minimum atomic E-state index is -1.01. The summed E-state index contributed by atoms with van der Waals surface area (Å²) >= 11 is 0. The lowest BCUT2D eigenvalue weighted by Crippen LogP contribution is -2.42. The number of imidazole rings is 1. The summed E-state index contributed by atoms with van der Waals surface area (Å²) in [6.07, 6.45) is 4.46. The second-order valence-corrected chi connectivity index (χ2v) is 4.70. The van der Waals surface area contributed by atoms with E-state index < -0.39 is 18.2 Å². The molecule has 0 aromatic carbocycles. The largest absolute Gasteiger partial charge is 0.479 e. The van der Waals surface area contributed by atoms with E-state index in [-0.39, 0.29) is 11.9 Å². The fourth-order valence-electron chi connectivity index (χ4n) is 2.10. The molecule has 1 fully saturated rings. The predicted octanol–water partition coefficient (Wildman–Crippen LogP) is 0.0200. The summed E-state index contributed by atoms with van der Waals surface area (Å²) in [7, 11) is 0. The Morgan fingerprint density at radius 1 is 1.53 bits per heavy atom. The van der Waals surface area contributed by atoms with E-state index in [4.69, 9.17) is 9.84 Å². The van der Waals surface area contributed by atoms with Gasteiger partial charge in [0.15, 0.2) is 6.10 Å². The number of ether oxygens (including phenoxy) is 1. The van der Waals surface area contributed by atoms with E-state index in [9.17, 15) is 9.59 Å². The van der Waals surface area contributed by atoms with Gasteiger partial charge in [-0.05, 0) is 19.8 Å². The highest BCUT2D eigenvalue weighted by atomic mass is 16.5. The van der Waals surface area contributed by atoms with E-state index >= 15 is 0 Å². The third-order valence-electron chi connectivity index (χ3n) is 3.02. The molecule has 0 radical (unpaired) electrons. The van der Waals surface area contributed by atoms with Crippen molar-refractivity contribution in [3.05, 3.63) is 18.7 Å². The van der Waals surface area contributed by atoms with Crippen molar-refractivity contribution in [2.75, 3.05) is 0 Å². The molecule has 1 saturated heterocycles. The van der Waals surface area contributed by atoms with Crippen LogP contribution < -0.4 is 5.32 Å². The van der Waals surface area contributed by atoms with Crippen LogP contribution in [0.15, 0.2) is 18.7 Å². The highest BCUT2D eigenvalue weighted by molar-refractivity contribution is 5.82. The highest BCUT2D eigenvalue weighted by Gasteiger charge is 2.34. The number of rotatable bonds is 5. The van der Waals surface area contributed by atoms with Crippen molar-refractivity contribution >= 4 is 11.9 Å². The third-order valence-corrected chi connectivity index (χ3v) is 3.02. The van der Waals surface area contributed by atoms with Crippen molar-refractivity contribution in [1.82, 2.24) is 14.9 Å². The van der Waals surface area contributed by atoms with Crippen LogP contribution in [0.4, 0.5) is 0 Å². The number of amides is 1. The van der Waals surface area contributed by atoms with Crippen LogP contribution in [0, 0.1) is 0 Å². The van der Waals surface area contributed by atoms with Crippen LogP contribution in [0.25, 0.3) is 0 Å².